The molecule has 0 aliphatic heterocycles. The van der Waals surface area contributed by atoms with Gasteiger partial charge in [0.15, 0.2) is 0 Å². The van der Waals surface area contributed by atoms with Crippen LogP contribution in [-0.2, 0) is 24.1 Å². The van der Waals surface area contributed by atoms with Gasteiger partial charge in [-0.15, -0.1) is 0 Å². The molecule has 0 fully saturated rings. The third kappa shape index (κ3) is 2.07. The van der Waals surface area contributed by atoms with E-state index in [-0.39, 0.29) is 6.42 Å². The number of halogens is 2. The van der Waals surface area contributed by atoms with Crippen LogP contribution in [0.3, 0.4) is 0 Å². The van der Waals surface area contributed by atoms with E-state index in [0.717, 1.165) is 41.5 Å². The average molecular weight is 296 g/mol. The molecule has 3 rings (SSSR count). The minimum Gasteiger partial charge on any atom is -0.481 e. The molecule has 0 saturated carbocycles. The standard InChI is InChI=1S/C14H11Cl2NO2/c15-10-5-4-8-9(6-12(18)19)7-2-1-3-11(7)17-14(8)13(10)16/h4-5H,1-3,6H2,(H,18,19). The van der Waals surface area contributed by atoms with Gasteiger partial charge >= 0.3 is 5.97 Å². The quantitative estimate of drug-likeness (QED) is 0.920. The summed E-state index contributed by atoms with van der Waals surface area (Å²) in [5, 5.41) is 10.8. The molecule has 1 aliphatic rings. The van der Waals surface area contributed by atoms with E-state index in [1.807, 2.05) is 6.07 Å². The Bertz CT molecular complexity index is 698. The van der Waals surface area contributed by atoms with Crippen LogP contribution in [0, 0.1) is 0 Å². The number of benzene rings is 1. The van der Waals surface area contributed by atoms with E-state index in [1.165, 1.54) is 0 Å². The largest absolute Gasteiger partial charge is 0.481 e. The second-order valence-corrected chi connectivity index (χ2v) is 5.48. The second-order valence-electron chi connectivity index (χ2n) is 4.70. The molecule has 0 unspecified atom stereocenters. The fourth-order valence-electron chi connectivity index (χ4n) is 2.72. The van der Waals surface area contributed by atoms with E-state index in [1.54, 1.807) is 6.07 Å². The van der Waals surface area contributed by atoms with Crippen molar-refractivity contribution >= 4 is 40.1 Å². The molecule has 0 saturated heterocycles. The summed E-state index contributed by atoms with van der Waals surface area (Å²) in [4.78, 5) is 15.7. The van der Waals surface area contributed by atoms with Crippen LogP contribution < -0.4 is 0 Å². The Kier molecular flexibility index (Phi) is 3.11. The van der Waals surface area contributed by atoms with Crippen LogP contribution in [0.25, 0.3) is 10.9 Å². The molecule has 0 bridgehead atoms. The number of hydrogen-bond acceptors (Lipinski definition) is 2. The lowest BCUT2D eigenvalue weighted by Crippen LogP contribution is -2.06. The number of aliphatic carboxylic acids is 1. The number of carboxylic acids is 1. The Morgan fingerprint density at radius 2 is 2.11 bits per heavy atom. The first-order valence-electron chi connectivity index (χ1n) is 6.08. The first kappa shape index (κ1) is 12.7. The normalized spacial score (nSPS) is 13.8. The molecule has 0 atom stereocenters. The minimum atomic E-state index is -0.840. The maximum Gasteiger partial charge on any atom is 0.307 e. The molecular formula is C14H11Cl2NO2. The van der Waals surface area contributed by atoms with Crippen molar-refractivity contribution in [1.82, 2.24) is 4.98 Å². The summed E-state index contributed by atoms with van der Waals surface area (Å²) in [5.41, 5.74) is 3.50. The van der Waals surface area contributed by atoms with Crippen LogP contribution in [0.5, 0.6) is 0 Å². The van der Waals surface area contributed by atoms with Crippen LogP contribution >= 0.6 is 23.2 Å². The van der Waals surface area contributed by atoms with E-state index in [9.17, 15) is 4.79 Å². The van der Waals surface area contributed by atoms with Gasteiger partial charge in [0.25, 0.3) is 0 Å². The van der Waals surface area contributed by atoms with Crippen LogP contribution in [0.1, 0.15) is 23.2 Å². The zero-order chi connectivity index (χ0) is 13.6. The van der Waals surface area contributed by atoms with E-state index < -0.39 is 5.97 Å². The third-order valence-electron chi connectivity index (χ3n) is 3.52. The maximum absolute atomic E-state index is 11.1. The van der Waals surface area contributed by atoms with Crippen LogP contribution in [-0.4, -0.2) is 16.1 Å². The number of aromatic nitrogens is 1. The van der Waals surface area contributed by atoms with Gasteiger partial charge in [0.1, 0.15) is 0 Å². The Labute approximate surface area is 120 Å². The van der Waals surface area contributed by atoms with Crippen LogP contribution in [0.15, 0.2) is 12.1 Å². The molecule has 2 aromatic rings. The highest BCUT2D eigenvalue weighted by molar-refractivity contribution is 6.45. The zero-order valence-corrected chi connectivity index (χ0v) is 11.6. The lowest BCUT2D eigenvalue weighted by atomic mass is 9.98. The summed E-state index contributed by atoms with van der Waals surface area (Å²) in [6, 6.07) is 3.51. The van der Waals surface area contributed by atoms with Crippen molar-refractivity contribution in [3.05, 3.63) is 39.0 Å². The minimum absolute atomic E-state index is 0.000680. The molecule has 5 heteroatoms. The van der Waals surface area contributed by atoms with Crippen molar-refractivity contribution in [3.63, 3.8) is 0 Å². The van der Waals surface area contributed by atoms with Crippen molar-refractivity contribution in [3.8, 4) is 0 Å². The van der Waals surface area contributed by atoms with Gasteiger partial charge in [0.2, 0.25) is 0 Å². The number of pyridine rings is 1. The van der Waals surface area contributed by atoms with Gasteiger partial charge in [-0.2, -0.15) is 0 Å². The van der Waals surface area contributed by atoms with Crippen LogP contribution in [0.4, 0.5) is 0 Å². The zero-order valence-electron chi connectivity index (χ0n) is 10.0. The highest BCUT2D eigenvalue weighted by atomic mass is 35.5. The SMILES string of the molecule is O=C(O)Cc1c2c(nc3c(Cl)c(Cl)ccc13)CCC2. The number of hydrogen-bond donors (Lipinski definition) is 1. The maximum atomic E-state index is 11.1. The number of aryl methyl sites for hydroxylation is 1. The van der Waals surface area contributed by atoms with Crippen molar-refractivity contribution in [2.75, 3.05) is 0 Å². The van der Waals surface area contributed by atoms with Crippen molar-refractivity contribution in [1.29, 1.82) is 0 Å². The van der Waals surface area contributed by atoms with Crippen molar-refractivity contribution in [2.24, 2.45) is 0 Å². The first-order valence-corrected chi connectivity index (χ1v) is 6.83. The second kappa shape index (κ2) is 4.66. The Balaban J connectivity index is 2.37. The smallest absolute Gasteiger partial charge is 0.307 e. The summed E-state index contributed by atoms with van der Waals surface area (Å²) in [7, 11) is 0. The van der Waals surface area contributed by atoms with Gasteiger partial charge in [0, 0.05) is 11.1 Å². The van der Waals surface area contributed by atoms with E-state index in [2.05, 4.69) is 4.98 Å². The van der Waals surface area contributed by atoms with E-state index in [4.69, 9.17) is 28.3 Å². The molecular weight excluding hydrogens is 285 g/mol. The van der Waals surface area contributed by atoms with Gasteiger partial charge in [0.05, 0.1) is 22.0 Å². The summed E-state index contributed by atoms with van der Waals surface area (Å²) in [6.45, 7) is 0. The molecule has 3 nitrogen and oxygen atoms in total. The van der Waals surface area contributed by atoms with E-state index in [0.29, 0.717) is 15.6 Å². The Hall–Kier alpha value is -1.32. The lowest BCUT2D eigenvalue weighted by molar-refractivity contribution is -0.136. The summed E-state index contributed by atoms with van der Waals surface area (Å²) >= 11 is 12.2. The molecule has 1 N–H and O–H groups in total. The molecule has 1 heterocycles. The molecule has 0 spiro atoms. The van der Waals surface area contributed by atoms with Crippen molar-refractivity contribution < 1.29 is 9.90 Å². The molecule has 0 radical (unpaired) electrons. The summed E-state index contributed by atoms with van der Waals surface area (Å²) in [5.74, 6) is -0.840. The fourth-order valence-corrected chi connectivity index (χ4v) is 3.08. The highest BCUT2D eigenvalue weighted by Gasteiger charge is 2.22. The van der Waals surface area contributed by atoms with E-state index >= 15 is 0 Å². The molecule has 19 heavy (non-hydrogen) atoms. The van der Waals surface area contributed by atoms with Gasteiger partial charge < -0.3 is 5.11 Å². The van der Waals surface area contributed by atoms with Crippen LogP contribution in [0.2, 0.25) is 10.0 Å². The lowest BCUT2D eigenvalue weighted by Gasteiger charge is -2.12. The predicted molar refractivity (Wildman–Crippen MR) is 75.1 cm³/mol. The Morgan fingerprint density at radius 1 is 1.32 bits per heavy atom. The number of fused-ring (bicyclic) bond motifs is 2. The number of carbonyl (C=O) groups is 1. The van der Waals surface area contributed by atoms with Crippen molar-refractivity contribution in [2.45, 2.75) is 25.7 Å². The predicted octanol–water partition coefficient (Wildman–Crippen LogP) is 3.66. The topological polar surface area (TPSA) is 50.2 Å². The number of nitrogens with zero attached hydrogens (tertiary/aromatic N) is 1. The average Bonchev–Trinajstić information content (AvgIpc) is 2.82. The molecule has 0 amide bonds. The first-order chi connectivity index (χ1) is 9.08. The van der Waals surface area contributed by atoms with Gasteiger partial charge in [-0.1, -0.05) is 29.3 Å². The molecule has 1 aromatic heterocycles. The highest BCUT2D eigenvalue weighted by Crippen LogP contribution is 2.36. The summed E-state index contributed by atoms with van der Waals surface area (Å²) in [6.07, 6.45) is 2.78. The molecule has 1 aromatic carbocycles. The van der Waals surface area contributed by atoms with Gasteiger partial charge in [-0.3, -0.25) is 9.78 Å². The Morgan fingerprint density at radius 3 is 2.84 bits per heavy atom. The van der Waals surface area contributed by atoms with Gasteiger partial charge in [-0.25, -0.2) is 0 Å². The summed E-state index contributed by atoms with van der Waals surface area (Å²) < 4.78 is 0. The monoisotopic (exact) mass is 295 g/mol. The van der Waals surface area contributed by atoms with Gasteiger partial charge in [-0.05, 0) is 36.5 Å². The number of carboxylic acid groups (broad SMARTS) is 1. The molecule has 1 aliphatic carbocycles. The number of rotatable bonds is 2. The fraction of sp³-hybridized carbons (Fsp3) is 0.286. The molecule has 98 valence electrons. The third-order valence-corrected chi connectivity index (χ3v) is 4.32.